The Morgan fingerprint density at radius 1 is 1.46 bits per heavy atom. The topological polar surface area (TPSA) is 28.1 Å². The number of hydrogen-bond donors (Lipinski definition) is 0. The number of halogens is 3. The van der Waals surface area contributed by atoms with Gasteiger partial charge < -0.3 is 0 Å². The van der Waals surface area contributed by atoms with Crippen LogP contribution in [0.2, 0.25) is 0 Å². The molecule has 1 aromatic rings. The monoisotopic (exact) mass is 290 g/mol. The Labute approximate surface area is 86.7 Å². The molecule has 0 bridgehead atoms. The average Bonchev–Trinajstić information content (AvgIpc) is 2.04. The molecule has 0 amide bonds. The normalized spacial score (nSPS) is 9.00. The Hall–Kier alpha value is -1.21. The van der Waals surface area contributed by atoms with Crippen LogP contribution in [0.4, 0.5) is 14.5 Å². The lowest BCUT2D eigenvalue weighted by atomic mass is 10.2. The molecule has 0 aliphatic heterocycles. The van der Waals surface area contributed by atoms with Crippen molar-refractivity contribution in [1.29, 1.82) is 5.26 Å². The Bertz CT molecular complexity index is 405. The van der Waals surface area contributed by atoms with Gasteiger partial charge in [0.1, 0.15) is 17.7 Å². The fraction of sp³-hybridized carbons (Fsp3) is 0. The van der Waals surface area contributed by atoms with Gasteiger partial charge in [0.15, 0.2) is 0 Å². The van der Waals surface area contributed by atoms with Crippen molar-refractivity contribution in [1.82, 2.24) is 0 Å². The lowest BCUT2D eigenvalue weighted by molar-refractivity contribution is 0.583. The lowest BCUT2D eigenvalue weighted by Gasteiger charge is -2.00. The van der Waals surface area contributed by atoms with Crippen LogP contribution in [0.3, 0.4) is 0 Å². The van der Waals surface area contributed by atoms with Gasteiger partial charge in [-0.25, -0.2) is 13.6 Å². The highest BCUT2D eigenvalue weighted by Gasteiger charge is 2.16. The van der Waals surface area contributed by atoms with Crippen molar-refractivity contribution in [2.45, 2.75) is 0 Å². The quantitative estimate of drug-likeness (QED) is 0.533. The molecular weight excluding hydrogens is 289 g/mol. The molecule has 0 heterocycles. The van der Waals surface area contributed by atoms with Gasteiger partial charge in [0.05, 0.1) is 12.1 Å². The van der Waals surface area contributed by atoms with E-state index in [0.29, 0.717) is 6.07 Å². The van der Waals surface area contributed by atoms with E-state index < -0.39 is 11.6 Å². The van der Waals surface area contributed by atoms with Crippen LogP contribution in [0, 0.1) is 33.1 Å². The molecule has 13 heavy (non-hydrogen) atoms. The molecular formula is C8HF2IN2. The highest BCUT2D eigenvalue weighted by molar-refractivity contribution is 14.1. The SMILES string of the molecule is [C-]#[N+]c1c(F)cc(F)c(C#N)c1I. The number of nitriles is 1. The van der Waals surface area contributed by atoms with Crippen molar-refractivity contribution in [3.05, 3.63) is 38.3 Å². The van der Waals surface area contributed by atoms with E-state index in [9.17, 15) is 8.78 Å². The zero-order chi connectivity index (χ0) is 10.0. The maximum atomic E-state index is 12.9. The molecule has 2 nitrogen and oxygen atoms in total. The summed E-state index contributed by atoms with van der Waals surface area (Å²) in [5.41, 5.74) is -0.591. The highest BCUT2D eigenvalue weighted by Crippen LogP contribution is 2.29. The summed E-state index contributed by atoms with van der Waals surface area (Å²) < 4.78 is 25.7. The molecule has 0 aliphatic carbocycles. The summed E-state index contributed by atoms with van der Waals surface area (Å²) in [4.78, 5) is 2.87. The van der Waals surface area contributed by atoms with Crippen molar-refractivity contribution in [2.24, 2.45) is 0 Å². The summed E-state index contributed by atoms with van der Waals surface area (Å²) in [5.74, 6) is -1.87. The van der Waals surface area contributed by atoms with Crippen LogP contribution in [0.5, 0.6) is 0 Å². The molecule has 0 spiro atoms. The fourth-order valence-corrected chi connectivity index (χ4v) is 1.54. The highest BCUT2D eigenvalue weighted by atomic mass is 127. The van der Waals surface area contributed by atoms with Crippen LogP contribution in [0.15, 0.2) is 6.07 Å². The van der Waals surface area contributed by atoms with E-state index in [4.69, 9.17) is 11.8 Å². The van der Waals surface area contributed by atoms with Gasteiger partial charge >= 0.3 is 0 Å². The van der Waals surface area contributed by atoms with E-state index in [1.54, 1.807) is 28.7 Å². The van der Waals surface area contributed by atoms with Crippen molar-refractivity contribution in [3.63, 3.8) is 0 Å². The average molecular weight is 290 g/mol. The third-order valence-electron chi connectivity index (χ3n) is 1.37. The van der Waals surface area contributed by atoms with Crippen LogP contribution in [-0.4, -0.2) is 0 Å². The minimum atomic E-state index is -0.934. The second kappa shape index (κ2) is 3.67. The first-order chi connectivity index (χ1) is 6.11. The molecule has 0 atom stereocenters. The molecule has 1 aromatic carbocycles. The van der Waals surface area contributed by atoms with Gasteiger partial charge in [0.25, 0.3) is 0 Å². The molecule has 0 unspecified atom stereocenters. The van der Waals surface area contributed by atoms with E-state index in [1.165, 1.54) is 0 Å². The van der Waals surface area contributed by atoms with Gasteiger partial charge in [0, 0.05) is 9.64 Å². The zero-order valence-corrected chi connectivity index (χ0v) is 8.26. The molecule has 64 valence electrons. The summed E-state index contributed by atoms with van der Waals surface area (Å²) in [7, 11) is 0. The van der Waals surface area contributed by atoms with E-state index in [-0.39, 0.29) is 14.8 Å². The molecule has 0 saturated heterocycles. The summed E-state index contributed by atoms with van der Waals surface area (Å²) in [6.45, 7) is 6.62. The molecule has 0 saturated carbocycles. The van der Waals surface area contributed by atoms with Crippen LogP contribution < -0.4 is 0 Å². The molecule has 0 aliphatic rings. The minimum absolute atomic E-state index is 0.0209. The minimum Gasteiger partial charge on any atom is -0.234 e. The maximum Gasteiger partial charge on any atom is 0.236 e. The van der Waals surface area contributed by atoms with Crippen molar-refractivity contribution in [2.75, 3.05) is 0 Å². The van der Waals surface area contributed by atoms with Gasteiger partial charge in [-0.3, -0.25) is 0 Å². The van der Waals surface area contributed by atoms with Gasteiger partial charge in [-0.05, 0) is 0 Å². The van der Waals surface area contributed by atoms with Gasteiger partial charge in [-0.2, -0.15) is 5.26 Å². The molecule has 0 fully saturated rings. The van der Waals surface area contributed by atoms with Gasteiger partial charge in [-0.1, -0.05) is 22.6 Å². The maximum absolute atomic E-state index is 12.9. The van der Waals surface area contributed by atoms with Gasteiger partial charge in [-0.15, -0.1) is 0 Å². The smallest absolute Gasteiger partial charge is 0.234 e. The third kappa shape index (κ3) is 1.61. The second-order valence-corrected chi connectivity index (χ2v) is 3.18. The predicted octanol–water partition coefficient (Wildman–Crippen LogP) is 2.99. The first-order valence-electron chi connectivity index (χ1n) is 3.07. The summed E-state index contributed by atoms with van der Waals surface area (Å²) >= 11 is 1.58. The van der Waals surface area contributed by atoms with Crippen LogP contribution in [-0.2, 0) is 0 Å². The fourth-order valence-electron chi connectivity index (χ4n) is 0.785. The second-order valence-electron chi connectivity index (χ2n) is 2.10. The predicted molar refractivity (Wildman–Crippen MR) is 50.1 cm³/mol. The first kappa shape index (κ1) is 9.87. The number of benzene rings is 1. The number of hydrogen-bond acceptors (Lipinski definition) is 1. The number of rotatable bonds is 0. The largest absolute Gasteiger partial charge is 0.236 e. The summed E-state index contributed by atoms with van der Waals surface area (Å²) in [6.07, 6.45) is 0. The number of nitrogens with zero attached hydrogens (tertiary/aromatic N) is 2. The van der Waals surface area contributed by atoms with E-state index >= 15 is 0 Å². The van der Waals surface area contributed by atoms with E-state index in [2.05, 4.69) is 4.85 Å². The third-order valence-corrected chi connectivity index (χ3v) is 2.42. The lowest BCUT2D eigenvalue weighted by Crippen LogP contribution is -1.91. The van der Waals surface area contributed by atoms with Crippen molar-refractivity contribution < 1.29 is 8.78 Å². The molecule has 0 radical (unpaired) electrons. The molecule has 1 rings (SSSR count). The van der Waals surface area contributed by atoms with Crippen LogP contribution >= 0.6 is 22.6 Å². The van der Waals surface area contributed by atoms with Gasteiger partial charge in [0.2, 0.25) is 5.69 Å². The Morgan fingerprint density at radius 2 is 2.08 bits per heavy atom. The standard InChI is InChI=1S/C8HF2IN2/c1-13-8-6(10)2-5(9)4(3-12)7(8)11/h2H. The van der Waals surface area contributed by atoms with E-state index in [1.807, 2.05) is 0 Å². The first-order valence-corrected chi connectivity index (χ1v) is 4.14. The van der Waals surface area contributed by atoms with Crippen LogP contribution in [0.25, 0.3) is 4.85 Å². The molecule has 5 heteroatoms. The van der Waals surface area contributed by atoms with E-state index in [0.717, 1.165) is 0 Å². The Balaban J connectivity index is 3.63. The molecule has 0 aromatic heterocycles. The zero-order valence-electron chi connectivity index (χ0n) is 6.11. The summed E-state index contributed by atoms with van der Waals surface area (Å²) in [5, 5.41) is 8.49. The van der Waals surface area contributed by atoms with Crippen molar-refractivity contribution in [3.8, 4) is 6.07 Å². The van der Waals surface area contributed by atoms with Crippen LogP contribution in [0.1, 0.15) is 5.56 Å². The Kier molecular flexibility index (Phi) is 2.79. The summed E-state index contributed by atoms with van der Waals surface area (Å²) in [6, 6.07) is 2.12. The Morgan fingerprint density at radius 3 is 2.54 bits per heavy atom. The van der Waals surface area contributed by atoms with Crippen molar-refractivity contribution >= 4 is 28.3 Å². The molecule has 0 N–H and O–H groups in total.